The maximum Gasteiger partial charge on any atom is 0.243 e. The van der Waals surface area contributed by atoms with Crippen LogP contribution in [0, 0.1) is 13.8 Å². The van der Waals surface area contributed by atoms with Crippen LogP contribution < -0.4 is 10.1 Å². The maximum absolute atomic E-state index is 13.5. The second-order valence-electron chi connectivity index (χ2n) is 7.71. The summed E-state index contributed by atoms with van der Waals surface area (Å²) in [7, 11) is -2.39. The van der Waals surface area contributed by atoms with Crippen molar-refractivity contribution >= 4 is 33.2 Å². The summed E-state index contributed by atoms with van der Waals surface area (Å²) in [6.45, 7) is 3.44. The standard InChI is InChI=1S/C25H27ClN2O4S/c1-18-15-21(26)9-11-23(18)27-25(29)17-28(14-13-20-7-5-4-6-8-20)33(30,31)22-10-12-24(32-3)19(2)16-22/h4-12,15-16H,13-14,17H2,1-3H3,(H,27,29). The zero-order chi connectivity index (χ0) is 24.0. The van der Waals surface area contributed by atoms with E-state index in [9.17, 15) is 13.2 Å². The van der Waals surface area contributed by atoms with Gasteiger partial charge in [0.15, 0.2) is 0 Å². The molecule has 8 heteroatoms. The number of hydrogen-bond donors (Lipinski definition) is 1. The summed E-state index contributed by atoms with van der Waals surface area (Å²) in [5, 5.41) is 3.36. The molecule has 0 saturated carbocycles. The number of halogens is 1. The fourth-order valence-corrected chi connectivity index (χ4v) is 5.17. The minimum absolute atomic E-state index is 0.115. The molecule has 0 fully saturated rings. The van der Waals surface area contributed by atoms with Crippen LogP contribution in [0.15, 0.2) is 71.6 Å². The van der Waals surface area contributed by atoms with E-state index < -0.39 is 15.9 Å². The molecule has 3 rings (SSSR count). The lowest BCUT2D eigenvalue weighted by atomic mass is 10.1. The normalized spacial score (nSPS) is 11.4. The lowest BCUT2D eigenvalue weighted by Crippen LogP contribution is -2.39. The average Bonchev–Trinajstić information content (AvgIpc) is 2.79. The second kappa shape index (κ2) is 10.8. The van der Waals surface area contributed by atoms with Crippen molar-refractivity contribution < 1.29 is 17.9 Å². The minimum atomic E-state index is -3.93. The number of benzene rings is 3. The highest BCUT2D eigenvalue weighted by Gasteiger charge is 2.27. The van der Waals surface area contributed by atoms with Crippen LogP contribution in [0.25, 0.3) is 0 Å². The van der Waals surface area contributed by atoms with Crippen molar-refractivity contribution in [1.29, 1.82) is 0 Å². The number of methoxy groups -OCH3 is 1. The lowest BCUT2D eigenvalue weighted by Gasteiger charge is -2.22. The van der Waals surface area contributed by atoms with Gasteiger partial charge in [0.1, 0.15) is 5.75 Å². The van der Waals surface area contributed by atoms with Gasteiger partial charge in [-0.1, -0.05) is 41.9 Å². The molecule has 0 aromatic heterocycles. The summed E-state index contributed by atoms with van der Waals surface area (Å²) in [6, 6.07) is 19.4. The summed E-state index contributed by atoms with van der Waals surface area (Å²) >= 11 is 5.99. The van der Waals surface area contributed by atoms with E-state index in [1.807, 2.05) is 37.3 Å². The largest absolute Gasteiger partial charge is 0.496 e. The molecular formula is C25H27ClN2O4S. The van der Waals surface area contributed by atoms with Crippen LogP contribution in [-0.2, 0) is 21.2 Å². The summed E-state index contributed by atoms with van der Waals surface area (Å²) < 4.78 is 33.4. The zero-order valence-electron chi connectivity index (χ0n) is 18.8. The van der Waals surface area contributed by atoms with Crippen LogP contribution >= 0.6 is 11.6 Å². The highest BCUT2D eigenvalue weighted by Crippen LogP contribution is 2.24. The maximum atomic E-state index is 13.5. The first-order valence-electron chi connectivity index (χ1n) is 10.5. The quantitative estimate of drug-likeness (QED) is 0.469. The van der Waals surface area contributed by atoms with E-state index in [2.05, 4.69) is 5.32 Å². The molecular weight excluding hydrogens is 460 g/mol. The van der Waals surface area contributed by atoms with Crippen LogP contribution in [0.3, 0.4) is 0 Å². The van der Waals surface area contributed by atoms with Crippen LogP contribution in [0.1, 0.15) is 16.7 Å². The molecule has 3 aromatic rings. The SMILES string of the molecule is COc1ccc(S(=O)(=O)N(CCc2ccccc2)CC(=O)Nc2ccc(Cl)cc2C)cc1C. The Morgan fingerprint density at radius 2 is 1.73 bits per heavy atom. The third kappa shape index (κ3) is 6.35. The highest BCUT2D eigenvalue weighted by atomic mass is 35.5. The number of carbonyl (C=O) groups excluding carboxylic acids is 1. The van der Waals surface area contributed by atoms with Gasteiger partial charge < -0.3 is 10.1 Å². The van der Waals surface area contributed by atoms with Gasteiger partial charge in [-0.3, -0.25) is 4.79 Å². The van der Waals surface area contributed by atoms with E-state index >= 15 is 0 Å². The molecule has 33 heavy (non-hydrogen) atoms. The summed E-state index contributed by atoms with van der Waals surface area (Å²) in [6.07, 6.45) is 0.475. The number of nitrogens with zero attached hydrogens (tertiary/aromatic N) is 1. The molecule has 0 saturated heterocycles. The van der Waals surface area contributed by atoms with Crippen LogP contribution in [-0.4, -0.2) is 38.8 Å². The molecule has 0 atom stereocenters. The van der Waals surface area contributed by atoms with E-state index in [0.717, 1.165) is 11.1 Å². The molecule has 6 nitrogen and oxygen atoms in total. The zero-order valence-corrected chi connectivity index (χ0v) is 20.4. The number of nitrogens with one attached hydrogen (secondary N) is 1. The molecule has 0 aliphatic rings. The number of ether oxygens (including phenoxy) is 1. The second-order valence-corrected chi connectivity index (χ2v) is 10.1. The van der Waals surface area contributed by atoms with E-state index in [4.69, 9.17) is 16.3 Å². The van der Waals surface area contributed by atoms with E-state index in [-0.39, 0.29) is 18.0 Å². The predicted molar refractivity (Wildman–Crippen MR) is 131 cm³/mol. The molecule has 174 valence electrons. The van der Waals surface area contributed by atoms with Crippen molar-refractivity contribution in [3.05, 3.63) is 88.4 Å². The van der Waals surface area contributed by atoms with Crippen LogP contribution in [0.4, 0.5) is 5.69 Å². The third-order valence-corrected chi connectivity index (χ3v) is 7.36. The van der Waals surface area contributed by atoms with Gasteiger partial charge in [0.05, 0.1) is 18.6 Å². The van der Waals surface area contributed by atoms with E-state index in [1.165, 1.54) is 17.5 Å². The lowest BCUT2D eigenvalue weighted by molar-refractivity contribution is -0.116. The van der Waals surface area contributed by atoms with Crippen molar-refractivity contribution in [2.24, 2.45) is 0 Å². The van der Waals surface area contributed by atoms with Crippen LogP contribution in [0.2, 0.25) is 5.02 Å². The first-order chi connectivity index (χ1) is 15.7. The highest BCUT2D eigenvalue weighted by molar-refractivity contribution is 7.89. The number of anilines is 1. The molecule has 3 aromatic carbocycles. The van der Waals surface area contributed by atoms with Crippen molar-refractivity contribution in [2.75, 3.05) is 25.5 Å². The number of carbonyl (C=O) groups is 1. The minimum Gasteiger partial charge on any atom is -0.496 e. The predicted octanol–water partition coefficient (Wildman–Crippen LogP) is 4.84. The number of amides is 1. The fraction of sp³-hybridized carbons (Fsp3) is 0.240. The molecule has 0 bridgehead atoms. The van der Waals surface area contributed by atoms with Gasteiger partial charge in [0, 0.05) is 17.3 Å². The van der Waals surface area contributed by atoms with Gasteiger partial charge in [0.25, 0.3) is 0 Å². The molecule has 1 amide bonds. The van der Waals surface area contributed by atoms with Gasteiger partial charge in [-0.05, 0) is 73.4 Å². The molecule has 0 unspecified atom stereocenters. The molecule has 0 radical (unpaired) electrons. The van der Waals surface area contributed by atoms with Gasteiger partial charge >= 0.3 is 0 Å². The Labute approximate surface area is 200 Å². The Balaban J connectivity index is 1.86. The molecule has 0 heterocycles. The molecule has 0 aliphatic carbocycles. The number of hydrogen-bond acceptors (Lipinski definition) is 4. The van der Waals surface area contributed by atoms with Crippen molar-refractivity contribution in [3.63, 3.8) is 0 Å². The smallest absolute Gasteiger partial charge is 0.243 e. The van der Waals surface area contributed by atoms with E-state index in [0.29, 0.717) is 28.4 Å². The summed E-state index contributed by atoms with van der Waals surface area (Å²) in [5.74, 6) is 0.169. The Bertz CT molecular complexity index is 1230. The van der Waals surface area contributed by atoms with Crippen molar-refractivity contribution in [3.8, 4) is 5.75 Å². The monoisotopic (exact) mass is 486 g/mol. The summed E-state index contributed by atoms with van der Waals surface area (Å²) in [4.78, 5) is 13.0. The van der Waals surface area contributed by atoms with Gasteiger partial charge in [0.2, 0.25) is 15.9 Å². The molecule has 0 aliphatic heterocycles. The van der Waals surface area contributed by atoms with Gasteiger partial charge in [-0.25, -0.2) is 8.42 Å². The number of aryl methyl sites for hydroxylation is 2. The first-order valence-corrected chi connectivity index (χ1v) is 12.3. The Kier molecular flexibility index (Phi) is 8.13. The first kappa shape index (κ1) is 24.8. The molecule has 0 spiro atoms. The van der Waals surface area contributed by atoms with Gasteiger partial charge in [-0.2, -0.15) is 4.31 Å². The Morgan fingerprint density at radius 3 is 2.36 bits per heavy atom. The number of rotatable bonds is 9. The number of sulfonamides is 1. The third-order valence-electron chi connectivity index (χ3n) is 5.28. The summed E-state index contributed by atoms with van der Waals surface area (Å²) in [5.41, 5.74) is 3.06. The molecule has 1 N–H and O–H groups in total. The van der Waals surface area contributed by atoms with Crippen LogP contribution in [0.5, 0.6) is 5.75 Å². The van der Waals surface area contributed by atoms with Gasteiger partial charge in [-0.15, -0.1) is 0 Å². The average molecular weight is 487 g/mol. The fourth-order valence-electron chi connectivity index (χ4n) is 3.46. The van der Waals surface area contributed by atoms with Crippen molar-refractivity contribution in [1.82, 2.24) is 4.31 Å². The Morgan fingerprint density at radius 1 is 1.00 bits per heavy atom. The van der Waals surface area contributed by atoms with Crippen molar-refractivity contribution in [2.45, 2.75) is 25.2 Å². The Hall–Kier alpha value is -2.87. The topological polar surface area (TPSA) is 75.7 Å². The van der Waals surface area contributed by atoms with E-state index in [1.54, 1.807) is 37.3 Å².